The number of pyridine rings is 1. The molecular formula is C16H18ClN3O3S. The van der Waals surface area contributed by atoms with Gasteiger partial charge in [-0.25, -0.2) is 8.42 Å². The van der Waals surface area contributed by atoms with Gasteiger partial charge in [0, 0.05) is 24.0 Å². The number of amides is 1. The number of carbonyl (C=O) groups excluding carboxylic acids is 1. The maximum absolute atomic E-state index is 12.4. The number of carbonyl (C=O) groups is 1. The van der Waals surface area contributed by atoms with Crippen molar-refractivity contribution < 1.29 is 13.2 Å². The van der Waals surface area contributed by atoms with Gasteiger partial charge >= 0.3 is 0 Å². The minimum Gasteiger partial charge on any atom is -0.350 e. The van der Waals surface area contributed by atoms with Crippen molar-refractivity contribution in [2.45, 2.75) is 19.5 Å². The molecule has 0 fully saturated rings. The van der Waals surface area contributed by atoms with Gasteiger partial charge in [-0.3, -0.25) is 14.1 Å². The van der Waals surface area contributed by atoms with Crippen LogP contribution in [0.5, 0.6) is 0 Å². The van der Waals surface area contributed by atoms with Crippen LogP contribution >= 0.6 is 11.6 Å². The predicted molar refractivity (Wildman–Crippen MR) is 94.3 cm³/mol. The van der Waals surface area contributed by atoms with Crippen molar-refractivity contribution in [2.24, 2.45) is 0 Å². The molecule has 128 valence electrons. The minimum absolute atomic E-state index is 0.268. The molecule has 1 N–H and O–H groups in total. The van der Waals surface area contributed by atoms with Gasteiger partial charge in [-0.1, -0.05) is 23.7 Å². The summed E-state index contributed by atoms with van der Waals surface area (Å²) in [7, 11) is -3.66. The molecule has 1 aromatic carbocycles. The normalized spacial score (nSPS) is 12.5. The van der Waals surface area contributed by atoms with Gasteiger partial charge in [-0.2, -0.15) is 0 Å². The van der Waals surface area contributed by atoms with Gasteiger partial charge in [-0.05, 0) is 36.8 Å². The van der Waals surface area contributed by atoms with E-state index in [2.05, 4.69) is 10.3 Å². The van der Waals surface area contributed by atoms with Crippen LogP contribution in [0.3, 0.4) is 0 Å². The van der Waals surface area contributed by atoms with E-state index < -0.39 is 22.0 Å². The number of nitrogens with zero attached hydrogens (tertiary/aromatic N) is 2. The molecule has 0 saturated carbocycles. The summed E-state index contributed by atoms with van der Waals surface area (Å²) in [5, 5.41) is 3.11. The molecule has 2 aromatic rings. The Bertz CT molecular complexity index is 812. The zero-order valence-corrected chi connectivity index (χ0v) is 14.9. The molecule has 0 aliphatic rings. The molecule has 0 aliphatic carbocycles. The van der Waals surface area contributed by atoms with Crippen molar-refractivity contribution >= 4 is 33.2 Å². The van der Waals surface area contributed by atoms with Crippen molar-refractivity contribution in [2.75, 3.05) is 10.6 Å². The molecule has 0 bridgehead atoms. The van der Waals surface area contributed by atoms with Crippen molar-refractivity contribution in [3.8, 4) is 0 Å². The lowest BCUT2D eigenvalue weighted by Gasteiger charge is -2.28. The van der Waals surface area contributed by atoms with E-state index in [1.807, 2.05) is 6.07 Å². The molecule has 0 spiro atoms. The van der Waals surface area contributed by atoms with Crippen LogP contribution in [0.15, 0.2) is 48.8 Å². The summed E-state index contributed by atoms with van der Waals surface area (Å²) >= 11 is 5.94. The predicted octanol–water partition coefficient (Wildman–Crippen LogP) is 2.21. The van der Waals surface area contributed by atoms with Crippen molar-refractivity contribution in [3.05, 3.63) is 59.4 Å². The fourth-order valence-corrected chi connectivity index (χ4v) is 3.61. The maximum atomic E-state index is 12.4. The van der Waals surface area contributed by atoms with Crippen LogP contribution in [0, 0.1) is 0 Å². The monoisotopic (exact) mass is 367 g/mol. The van der Waals surface area contributed by atoms with Gasteiger partial charge in [0.1, 0.15) is 6.04 Å². The second-order valence-corrected chi connectivity index (χ2v) is 7.59. The first-order valence-electron chi connectivity index (χ1n) is 7.20. The van der Waals surface area contributed by atoms with E-state index in [1.165, 1.54) is 13.0 Å². The van der Waals surface area contributed by atoms with Gasteiger partial charge in [0.25, 0.3) is 0 Å². The van der Waals surface area contributed by atoms with E-state index in [4.69, 9.17) is 11.6 Å². The van der Waals surface area contributed by atoms with Crippen LogP contribution in [0.2, 0.25) is 5.02 Å². The van der Waals surface area contributed by atoms with Crippen molar-refractivity contribution in [1.29, 1.82) is 0 Å². The van der Waals surface area contributed by atoms with Crippen molar-refractivity contribution in [1.82, 2.24) is 10.3 Å². The van der Waals surface area contributed by atoms with E-state index in [1.54, 1.807) is 36.7 Å². The fraction of sp³-hybridized carbons (Fsp3) is 0.250. The Hall–Kier alpha value is -2.12. The molecule has 0 unspecified atom stereocenters. The number of halogens is 1. The Morgan fingerprint density at radius 1 is 1.33 bits per heavy atom. The number of hydrogen-bond donors (Lipinski definition) is 1. The number of aromatic nitrogens is 1. The highest BCUT2D eigenvalue weighted by Crippen LogP contribution is 2.24. The summed E-state index contributed by atoms with van der Waals surface area (Å²) in [5.74, 6) is -0.413. The largest absolute Gasteiger partial charge is 0.350 e. The number of rotatable bonds is 6. The summed E-state index contributed by atoms with van der Waals surface area (Å²) in [5.41, 5.74) is 1.17. The number of hydrogen-bond acceptors (Lipinski definition) is 4. The number of nitrogens with one attached hydrogen (secondary N) is 1. The Morgan fingerprint density at radius 2 is 2.08 bits per heavy atom. The summed E-state index contributed by atoms with van der Waals surface area (Å²) in [6.07, 6.45) is 4.33. The SMILES string of the molecule is C[C@@H](C(=O)NCc1cccnc1)N(c1cccc(Cl)c1)S(C)(=O)=O. The third kappa shape index (κ3) is 4.69. The molecule has 1 atom stereocenters. The fourth-order valence-electron chi connectivity index (χ4n) is 2.26. The highest BCUT2D eigenvalue weighted by molar-refractivity contribution is 7.92. The van der Waals surface area contributed by atoms with Gasteiger partial charge < -0.3 is 5.32 Å². The zero-order chi connectivity index (χ0) is 17.7. The average molecular weight is 368 g/mol. The Kier molecular flexibility index (Phi) is 5.80. The highest BCUT2D eigenvalue weighted by atomic mass is 35.5. The summed E-state index contributed by atoms with van der Waals surface area (Å²) in [6, 6.07) is 9.04. The molecule has 8 heteroatoms. The molecular weight excluding hydrogens is 350 g/mol. The molecule has 0 aliphatic heterocycles. The van der Waals surface area contributed by atoms with Gasteiger partial charge in [-0.15, -0.1) is 0 Å². The third-order valence-corrected chi connectivity index (χ3v) is 4.82. The zero-order valence-electron chi connectivity index (χ0n) is 13.3. The molecule has 1 aromatic heterocycles. The first-order valence-corrected chi connectivity index (χ1v) is 9.43. The van der Waals surface area contributed by atoms with E-state index in [0.717, 1.165) is 16.1 Å². The summed E-state index contributed by atoms with van der Waals surface area (Å²) < 4.78 is 25.4. The lowest BCUT2D eigenvalue weighted by Crippen LogP contribution is -2.47. The van der Waals surface area contributed by atoms with E-state index in [9.17, 15) is 13.2 Å². The average Bonchev–Trinajstić information content (AvgIpc) is 2.52. The number of anilines is 1. The highest BCUT2D eigenvalue weighted by Gasteiger charge is 2.29. The first kappa shape index (κ1) is 18.2. The molecule has 0 radical (unpaired) electrons. The van der Waals surface area contributed by atoms with E-state index in [-0.39, 0.29) is 6.54 Å². The van der Waals surface area contributed by atoms with Crippen LogP contribution in [-0.4, -0.2) is 31.6 Å². The maximum Gasteiger partial charge on any atom is 0.243 e. The summed E-state index contributed by atoms with van der Waals surface area (Å²) in [6.45, 7) is 1.80. The Morgan fingerprint density at radius 3 is 2.67 bits per heavy atom. The number of sulfonamides is 1. The van der Waals surface area contributed by atoms with Crippen molar-refractivity contribution in [3.63, 3.8) is 0 Å². The van der Waals surface area contributed by atoms with Crippen LogP contribution in [0.25, 0.3) is 0 Å². The Labute approximate surface area is 146 Å². The van der Waals surface area contributed by atoms with Crippen LogP contribution in [0.1, 0.15) is 12.5 Å². The quantitative estimate of drug-likeness (QED) is 0.848. The molecule has 6 nitrogen and oxygen atoms in total. The lowest BCUT2D eigenvalue weighted by molar-refractivity contribution is -0.122. The number of benzene rings is 1. The van der Waals surface area contributed by atoms with Gasteiger partial charge in [0.05, 0.1) is 11.9 Å². The Balaban J connectivity index is 2.19. The lowest BCUT2D eigenvalue weighted by atomic mass is 10.2. The molecule has 2 rings (SSSR count). The van der Waals surface area contributed by atoms with Crippen LogP contribution in [-0.2, 0) is 21.4 Å². The minimum atomic E-state index is -3.66. The molecule has 1 amide bonds. The third-order valence-electron chi connectivity index (χ3n) is 3.34. The second-order valence-electron chi connectivity index (χ2n) is 5.29. The molecule has 1 heterocycles. The van der Waals surface area contributed by atoms with Crippen LogP contribution < -0.4 is 9.62 Å². The van der Waals surface area contributed by atoms with Gasteiger partial charge in [0.15, 0.2) is 0 Å². The summed E-state index contributed by atoms with van der Waals surface area (Å²) in [4.78, 5) is 16.4. The van der Waals surface area contributed by atoms with E-state index in [0.29, 0.717) is 10.7 Å². The van der Waals surface area contributed by atoms with Gasteiger partial charge in [0.2, 0.25) is 15.9 Å². The topological polar surface area (TPSA) is 79.4 Å². The smallest absolute Gasteiger partial charge is 0.243 e. The first-order chi connectivity index (χ1) is 11.3. The van der Waals surface area contributed by atoms with E-state index >= 15 is 0 Å². The molecule has 24 heavy (non-hydrogen) atoms. The molecule has 0 saturated heterocycles. The second kappa shape index (κ2) is 7.63. The van der Waals surface area contributed by atoms with Crippen LogP contribution in [0.4, 0.5) is 5.69 Å². The standard InChI is InChI=1S/C16H18ClN3O3S/c1-12(16(21)19-11-13-5-4-8-18-10-13)20(24(2,22)23)15-7-3-6-14(17)9-15/h3-10,12H,11H2,1-2H3,(H,19,21)/t12-/m0/s1.